The Morgan fingerprint density at radius 3 is 2.15 bits per heavy atom. The average molecular weight is 511 g/mol. The van der Waals surface area contributed by atoms with Crippen molar-refractivity contribution >= 4 is 44.2 Å². The van der Waals surface area contributed by atoms with Crippen molar-refractivity contribution in [1.82, 2.24) is 4.31 Å². The van der Waals surface area contributed by atoms with Gasteiger partial charge in [0, 0.05) is 19.2 Å². The highest BCUT2D eigenvalue weighted by molar-refractivity contribution is 7.89. The summed E-state index contributed by atoms with van der Waals surface area (Å²) in [6, 6.07) is 5.52. The number of rotatable bonds is 11. The molecule has 0 aliphatic rings. The number of amides is 1. The van der Waals surface area contributed by atoms with E-state index in [9.17, 15) is 22.8 Å². The van der Waals surface area contributed by atoms with Gasteiger partial charge in [0.1, 0.15) is 9.88 Å². The smallest absolute Gasteiger partial charge is 0.348 e. The predicted octanol–water partition coefficient (Wildman–Crippen LogP) is 4.08. The third-order valence-corrected chi connectivity index (χ3v) is 8.02. The van der Waals surface area contributed by atoms with E-state index in [2.05, 4.69) is 5.32 Å². The molecule has 2 rings (SSSR count). The van der Waals surface area contributed by atoms with Gasteiger partial charge in [-0.25, -0.2) is 22.3 Å². The van der Waals surface area contributed by atoms with E-state index >= 15 is 0 Å². The zero-order valence-corrected chi connectivity index (χ0v) is 21.6. The Bertz CT molecular complexity index is 1140. The zero-order valence-electron chi connectivity index (χ0n) is 20.0. The van der Waals surface area contributed by atoms with Crippen molar-refractivity contribution in [2.45, 2.75) is 45.4 Å². The highest BCUT2D eigenvalue weighted by Gasteiger charge is 2.28. The Kier molecular flexibility index (Phi) is 9.77. The van der Waals surface area contributed by atoms with E-state index in [4.69, 9.17) is 9.47 Å². The maximum absolute atomic E-state index is 12.9. The number of sulfonamides is 1. The van der Waals surface area contributed by atoms with Gasteiger partial charge in [-0.05, 0) is 57.0 Å². The van der Waals surface area contributed by atoms with E-state index in [1.807, 2.05) is 6.92 Å². The third-order valence-electron chi connectivity index (χ3n) is 4.97. The number of esters is 2. The van der Waals surface area contributed by atoms with Gasteiger partial charge in [-0.3, -0.25) is 4.79 Å². The van der Waals surface area contributed by atoms with Crippen molar-refractivity contribution in [2.24, 2.45) is 0 Å². The first-order valence-corrected chi connectivity index (χ1v) is 13.2. The summed E-state index contributed by atoms with van der Waals surface area (Å²) in [6.07, 6.45) is 1.61. The minimum Gasteiger partial charge on any atom is -0.462 e. The average Bonchev–Trinajstić information content (AvgIpc) is 3.13. The van der Waals surface area contributed by atoms with Gasteiger partial charge in [-0.2, -0.15) is 0 Å². The first-order chi connectivity index (χ1) is 16.1. The number of unbranched alkanes of at least 4 members (excludes halogenated alkanes) is 1. The summed E-state index contributed by atoms with van der Waals surface area (Å²) in [6.45, 7) is 7.57. The molecular formula is C23H30N2O7S2. The van der Waals surface area contributed by atoms with Crippen LogP contribution in [0.2, 0.25) is 0 Å². The van der Waals surface area contributed by atoms with Crippen LogP contribution in [0.3, 0.4) is 0 Å². The molecule has 0 aliphatic carbocycles. The maximum Gasteiger partial charge on any atom is 0.348 e. The van der Waals surface area contributed by atoms with Gasteiger partial charge in [-0.1, -0.05) is 13.3 Å². The minimum atomic E-state index is -3.66. The molecule has 0 bridgehead atoms. The number of anilines is 1. The lowest BCUT2D eigenvalue weighted by atomic mass is 10.1. The van der Waals surface area contributed by atoms with E-state index in [0.717, 1.165) is 24.2 Å². The SMILES string of the molecule is CCCCN(C)S(=O)(=O)c1ccc(C(=O)Nc2sc(C(=O)OCC)c(C)c2C(=O)OCC)cc1. The molecule has 0 fully saturated rings. The lowest BCUT2D eigenvalue weighted by Crippen LogP contribution is -2.28. The van der Waals surface area contributed by atoms with Crippen LogP contribution in [0.4, 0.5) is 5.00 Å². The molecule has 0 aliphatic heterocycles. The van der Waals surface area contributed by atoms with Crippen LogP contribution in [-0.4, -0.2) is 57.4 Å². The molecule has 186 valence electrons. The van der Waals surface area contributed by atoms with Crippen molar-refractivity contribution in [1.29, 1.82) is 0 Å². The Hall–Kier alpha value is -2.76. The molecule has 0 unspecified atom stereocenters. The summed E-state index contributed by atoms with van der Waals surface area (Å²) in [7, 11) is -2.15. The fourth-order valence-electron chi connectivity index (χ4n) is 3.08. The van der Waals surface area contributed by atoms with Crippen LogP contribution in [0.15, 0.2) is 29.2 Å². The summed E-state index contributed by atoms with van der Waals surface area (Å²) in [4.78, 5) is 37.9. The van der Waals surface area contributed by atoms with Crippen molar-refractivity contribution in [3.05, 3.63) is 45.8 Å². The number of ether oxygens (including phenoxy) is 2. The number of benzene rings is 1. The van der Waals surface area contributed by atoms with Gasteiger partial charge in [-0.15, -0.1) is 11.3 Å². The van der Waals surface area contributed by atoms with Crippen molar-refractivity contribution in [3.8, 4) is 0 Å². The first-order valence-electron chi connectivity index (χ1n) is 10.9. The fraction of sp³-hybridized carbons (Fsp3) is 0.435. The number of hydrogen-bond donors (Lipinski definition) is 1. The Balaban J connectivity index is 2.32. The molecule has 11 heteroatoms. The molecule has 0 radical (unpaired) electrons. The second kappa shape index (κ2) is 12.1. The molecular weight excluding hydrogens is 480 g/mol. The molecule has 2 aromatic rings. The second-order valence-corrected chi connectivity index (χ2v) is 10.4. The standard InChI is InChI=1S/C23H30N2O7S2/c1-6-9-14-25(5)34(29,30)17-12-10-16(11-13-17)20(26)24-21-18(22(27)31-7-2)15(4)19(33-21)23(28)32-8-3/h10-13H,6-9,14H2,1-5H3,(H,24,26). The van der Waals surface area contributed by atoms with Crippen LogP contribution in [-0.2, 0) is 19.5 Å². The molecule has 1 aromatic heterocycles. The molecule has 0 spiro atoms. The number of hydrogen-bond acceptors (Lipinski definition) is 8. The summed E-state index contributed by atoms with van der Waals surface area (Å²) in [5, 5.41) is 2.80. The normalized spacial score (nSPS) is 11.4. The number of thiophene rings is 1. The van der Waals surface area contributed by atoms with Gasteiger partial charge in [0.15, 0.2) is 0 Å². The van der Waals surface area contributed by atoms with Gasteiger partial charge in [0.05, 0.1) is 23.7 Å². The molecule has 9 nitrogen and oxygen atoms in total. The topological polar surface area (TPSA) is 119 Å². The number of carbonyl (C=O) groups excluding carboxylic acids is 3. The summed E-state index contributed by atoms with van der Waals surface area (Å²) in [5.41, 5.74) is 0.627. The molecule has 0 saturated heterocycles. The Morgan fingerprint density at radius 1 is 1.00 bits per heavy atom. The van der Waals surface area contributed by atoms with Crippen molar-refractivity contribution in [3.63, 3.8) is 0 Å². The van der Waals surface area contributed by atoms with Crippen molar-refractivity contribution in [2.75, 3.05) is 32.1 Å². The second-order valence-electron chi connectivity index (χ2n) is 7.36. The third kappa shape index (κ3) is 6.22. The van der Waals surface area contributed by atoms with Crippen molar-refractivity contribution < 1.29 is 32.3 Å². The fourth-order valence-corrected chi connectivity index (χ4v) is 5.37. The van der Waals surface area contributed by atoms with Crippen LogP contribution in [0.1, 0.15) is 69.6 Å². The molecule has 0 atom stereocenters. The number of nitrogens with one attached hydrogen (secondary N) is 1. The first kappa shape index (κ1) is 27.5. The highest BCUT2D eigenvalue weighted by Crippen LogP contribution is 2.34. The van der Waals surface area contributed by atoms with Gasteiger partial charge in [0.25, 0.3) is 5.91 Å². The van der Waals surface area contributed by atoms with E-state index < -0.39 is 27.9 Å². The zero-order chi connectivity index (χ0) is 25.5. The lowest BCUT2D eigenvalue weighted by Gasteiger charge is -2.17. The number of carbonyl (C=O) groups is 3. The van der Waals surface area contributed by atoms with Crippen LogP contribution in [0.5, 0.6) is 0 Å². The molecule has 1 N–H and O–H groups in total. The molecule has 1 amide bonds. The van der Waals surface area contributed by atoms with Gasteiger partial charge >= 0.3 is 11.9 Å². The van der Waals surface area contributed by atoms with Gasteiger partial charge in [0.2, 0.25) is 10.0 Å². The van der Waals surface area contributed by atoms with Crippen LogP contribution < -0.4 is 5.32 Å². The summed E-state index contributed by atoms with van der Waals surface area (Å²) < 4.78 is 36.8. The maximum atomic E-state index is 12.9. The minimum absolute atomic E-state index is 0.0754. The van der Waals surface area contributed by atoms with Crippen LogP contribution >= 0.6 is 11.3 Å². The van der Waals surface area contributed by atoms with E-state index in [0.29, 0.717) is 12.1 Å². The van der Waals surface area contributed by atoms with E-state index in [-0.39, 0.29) is 39.1 Å². The van der Waals surface area contributed by atoms with E-state index in [1.165, 1.54) is 35.6 Å². The highest BCUT2D eigenvalue weighted by atomic mass is 32.2. The summed E-state index contributed by atoms with van der Waals surface area (Å²) in [5.74, 6) is -1.83. The molecule has 0 saturated carbocycles. The number of nitrogens with zero attached hydrogens (tertiary/aromatic N) is 1. The quantitative estimate of drug-likeness (QED) is 0.452. The van der Waals surface area contributed by atoms with Crippen LogP contribution in [0.25, 0.3) is 0 Å². The van der Waals surface area contributed by atoms with Gasteiger partial charge < -0.3 is 14.8 Å². The Labute approximate surface area is 204 Å². The monoisotopic (exact) mass is 510 g/mol. The van der Waals surface area contributed by atoms with E-state index in [1.54, 1.807) is 20.8 Å². The summed E-state index contributed by atoms with van der Waals surface area (Å²) >= 11 is 0.920. The lowest BCUT2D eigenvalue weighted by molar-refractivity contribution is 0.0527. The molecule has 1 heterocycles. The molecule has 1 aromatic carbocycles. The molecule has 34 heavy (non-hydrogen) atoms. The largest absolute Gasteiger partial charge is 0.462 e. The van der Waals surface area contributed by atoms with Crippen LogP contribution in [0, 0.1) is 6.92 Å². The predicted molar refractivity (Wildman–Crippen MR) is 130 cm³/mol. The Morgan fingerprint density at radius 2 is 1.59 bits per heavy atom.